The predicted octanol–water partition coefficient (Wildman–Crippen LogP) is 1.85. The number of ether oxygens (including phenoxy) is 1. The summed E-state index contributed by atoms with van der Waals surface area (Å²) in [7, 11) is 1.50. The lowest BCUT2D eigenvalue weighted by Gasteiger charge is -2.32. The van der Waals surface area contributed by atoms with Gasteiger partial charge in [0, 0.05) is 26.2 Å². The standard InChI is InChI=1S/C11H22F3N3O/c1-4-8(2)17(5-6-18-3)7-9(10(15)16)11(12,13)14/h8-9H,4-7H2,1-3H3,(H3,15,16). The maximum absolute atomic E-state index is 12.7. The molecule has 0 amide bonds. The van der Waals surface area contributed by atoms with Gasteiger partial charge >= 0.3 is 6.18 Å². The first-order chi connectivity index (χ1) is 8.23. The smallest absolute Gasteiger partial charge is 0.387 e. The van der Waals surface area contributed by atoms with Crippen LogP contribution < -0.4 is 5.73 Å². The van der Waals surface area contributed by atoms with E-state index in [0.717, 1.165) is 6.42 Å². The Morgan fingerprint density at radius 3 is 2.33 bits per heavy atom. The second kappa shape index (κ2) is 7.58. The van der Waals surface area contributed by atoms with Gasteiger partial charge in [0.05, 0.1) is 6.61 Å². The van der Waals surface area contributed by atoms with Gasteiger partial charge in [0.1, 0.15) is 11.8 Å². The molecule has 4 nitrogen and oxygen atoms in total. The Morgan fingerprint density at radius 1 is 1.44 bits per heavy atom. The van der Waals surface area contributed by atoms with Gasteiger partial charge in [0.2, 0.25) is 0 Å². The zero-order chi connectivity index (χ0) is 14.3. The summed E-state index contributed by atoms with van der Waals surface area (Å²) in [5.41, 5.74) is 5.05. The molecule has 0 saturated carbocycles. The zero-order valence-corrected chi connectivity index (χ0v) is 11.0. The lowest BCUT2D eigenvalue weighted by molar-refractivity contribution is -0.161. The molecule has 2 atom stereocenters. The van der Waals surface area contributed by atoms with Crippen LogP contribution in [0.15, 0.2) is 0 Å². The fourth-order valence-electron chi connectivity index (χ4n) is 1.57. The van der Waals surface area contributed by atoms with Crippen molar-refractivity contribution < 1.29 is 17.9 Å². The van der Waals surface area contributed by atoms with Crippen LogP contribution in [0.3, 0.4) is 0 Å². The summed E-state index contributed by atoms with van der Waals surface area (Å²) in [5.74, 6) is -2.75. The molecule has 0 aliphatic rings. The summed E-state index contributed by atoms with van der Waals surface area (Å²) in [6, 6.07) is -0.00986. The normalized spacial score (nSPS) is 15.7. The number of hydrogen-bond acceptors (Lipinski definition) is 3. The van der Waals surface area contributed by atoms with Crippen molar-refractivity contribution in [2.24, 2.45) is 11.7 Å². The van der Waals surface area contributed by atoms with Crippen LogP contribution in [0.25, 0.3) is 0 Å². The molecule has 0 spiro atoms. The second-order valence-electron chi connectivity index (χ2n) is 4.29. The SMILES string of the molecule is CCC(C)N(CCOC)CC(C(=N)N)C(F)(F)F. The highest BCUT2D eigenvalue weighted by molar-refractivity contribution is 5.80. The summed E-state index contributed by atoms with van der Waals surface area (Å²) in [6.45, 7) is 4.21. The molecule has 0 radical (unpaired) electrons. The van der Waals surface area contributed by atoms with E-state index in [1.807, 2.05) is 13.8 Å². The Morgan fingerprint density at radius 2 is 2.00 bits per heavy atom. The van der Waals surface area contributed by atoms with Gasteiger partial charge in [-0.1, -0.05) is 6.92 Å². The Kier molecular flexibility index (Phi) is 7.23. The predicted molar refractivity (Wildman–Crippen MR) is 64.7 cm³/mol. The molecule has 0 aromatic rings. The minimum Gasteiger partial charge on any atom is -0.387 e. The van der Waals surface area contributed by atoms with Gasteiger partial charge in [-0.15, -0.1) is 0 Å². The summed E-state index contributed by atoms with van der Waals surface area (Å²) < 4.78 is 43.1. The monoisotopic (exact) mass is 269 g/mol. The van der Waals surface area contributed by atoms with Gasteiger partial charge in [0.25, 0.3) is 0 Å². The van der Waals surface area contributed by atoms with Gasteiger partial charge in [-0.3, -0.25) is 10.3 Å². The zero-order valence-electron chi connectivity index (χ0n) is 11.0. The van der Waals surface area contributed by atoms with Crippen molar-refractivity contribution in [3.63, 3.8) is 0 Å². The van der Waals surface area contributed by atoms with Crippen molar-refractivity contribution in [2.75, 3.05) is 26.8 Å². The van der Waals surface area contributed by atoms with Crippen molar-refractivity contribution >= 4 is 5.84 Å². The quantitative estimate of drug-likeness (QED) is 0.522. The minimum absolute atomic E-state index is 0.00986. The number of nitrogens with two attached hydrogens (primary N) is 1. The van der Waals surface area contributed by atoms with E-state index in [1.165, 1.54) is 7.11 Å². The first kappa shape index (κ1) is 17.2. The molecule has 0 aliphatic carbocycles. The number of nitrogens with zero attached hydrogens (tertiary/aromatic N) is 1. The van der Waals surface area contributed by atoms with Gasteiger partial charge in [0.15, 0.2) is 0 Å². The van der Waals surface area contributed by atoms with E-state index >= 15 is 0 Å². The van der Waals surface area contributed by atoms with Gasteiger partial charge in [-0.05, 0) is 13.3 Å². The van der Waals surface area contributed by atoms with Crippen LogP contribution in [-0.4, -0.2) is 49.8 Å². The highest BCUT2D eigenvalue weighted by Gasteiger charge is 2.43. The molecular weight excluding hydrogens is 247 g/mol. The Labute approximate surface area is 106 Å². The second-order valence-corrected chi connectivity index (χ2v) is 4.29. The first-order valence-electron chi connectivity index (χ1n) is 5.87. The van der Waals surface area contributed by atoms with Gasteiger partial charge in [-0.25, -0.2) is 0 Å². The van der Waals surface area contributed by atoms with E-state index in [1.54, 1.807) is 4.90 Å². The van der Waals surface area contributed by atoms with Crippen LogP contribution >= 0.6 is 0 Å². The molecular formula is C11H22F3N3O. The molecule has 0 fully saturated rings. The van der Waals surface area contributed by atoms with E-state index in [4.69, 9.17) is 15.9 Å². The molecule has 0 aliphatic heterocycles. The van der Waals surface area contributed by atoms with Gasteiger partial charge in [-0.2, -0.15) is 13.2 Å². The minimum atomic E-state index is -4.48. The number of amidine groups is 1. The molecule has 0 aromatic carbocycles. The molecule has 0 heterocycles. The fraction of sp³-hybridized carbons (Fsp3) is 0.909. The van der Waals surface area contributed by atoms with E-state index < -0.39 is 17.9 Å². The highest BCUT2D eigenvalue weighted by Crippen LogP contribution is 2.27. The van der Waals surface area contributed by atoms with Crippen LogP contribution in [0.5, 0.6) is 0 Å². The first-order valence-corrected chi connectivity index (χ1v) is 5.87. The van der Waals surface area contributed by atoms with Crippen LogP contribution in [0.4, 0.5) is 13.2 Å². The van der Waals surface area contributed by atoms with Gasteiger partial charge < -0.3 is 10.5 Å². The van der Waals surface area contributed by atoms with Crippen LogP contribution in [0.1, 0.15) is 20.3 Å². The Bertz CT molecular complexity index is 258. The molecule has 0 bridgehead atoms. The largest absolute Gasteiger partial charge is 0.399 e. The lowest BCUT2D eigenvalue weighted by Crippen LogP contribution is -2.47. The molecule has 2 unspecified atom stereocenters. The molecule has 0 aromatic heterocycles. The van der Waals surface area contributed by atoms with Crippen molar-refractivity contribution in [1.82, 2.24) is 4.90 Å². The number of hydrogen-bond donors (Lipinski definition) is 2. The molecule has 0 saturated heterocycles. The van der Waals surface area contributed by atoms with Crippen molar-refractivity contribution in [1.29, 1.82) is 5.41 Å². The third-order valence-corrected chi connectivity index (χ3v) is 2.98. The lowest BCUT2D eigenvalue weighted by atomic mass is 10.1. The van der Waals surface area contributed by atoms with E-state index in [9.17, 15) is 13.2 Å². The molecule has 7 heteroatoms. The topological polar surface area (TPSA) is 62.3 Å². The van der Waals surface area contributed by atoms with Crippen molar-refractivity contribution in [2.45, 2.75) is 32.5 Å². The number of methoxy groups -OCH3 is 1. The maximum atomic E-state index is 12.7. The highest BCUT2D eigenvalue weighted by atomic mass is 19.4. The number of alkyl halides is 3. The number of halogens is 3. The number of rotatable bonds is 8. The van der Waals surface area contributed by atoms with E-state index in [2.05, 4.69) is 0 Å². The summed E-state index contributed by atoms with van der Waals surface area (Å²) in [4.78, 5) is 1.66. The fourth-order valence-corrected chi connectivity index (χ4v) is 1.57. The summed E-state index contributed by atoms with van der Waals surface area (Å²) >= 11 is 0. The van der Waals surface area contributed by atoms with Crippen molar-refractivity contribution in [3.8, 4) is 0 Å². The number of nitrogens with one attached hydrogen (secondary N) is 1. The third kappa shape index (κ3) is 5.68. The third-order valence-electron chi connectivity index (χ3n) is 2.98. The van der Waals surface area contributed by atoms with E-state index in [-0.39, 0.29) is 12.6 Å². The average molecular weight is 269 g/mol. The summed E-state index contributed by atoms with van der Waals surface area (Å²) in [5, 5.41) is 7.08. The maximum Gasteiger partial charge on any atom is 0.399 e. The average Bonchev–Trinajstić information content (AvgIpc) is 2.26. The van der Waals surface area contributed by atoms with Crippen LogP contribution in [-0.2, 0) is 4.74 Å². The molecule has 3 N–H and O–H groups in total. The molecule has 0 rings (SSSR count). The van der Waals surface area contributed by atoms with Crippen LogP contribution in [0, 0.1) is 11.3 Å². The summed E-state index contributed by atoms with van der Waals surface area (Å²) in [6.07, 6.45) is -3.75. The Balaban J connectivity index is 4.75. The molecule has 18 heavy (non-hydrogen) atoms. The van der Waals surface area contributed by atoms with E-state index in [0.29, 0.717) is 13.2 Å². The molecule has 108 valence electrons. The van der Waals surface area contributed by atoms with Crippen molar-refractivity contribution in [3.05, 3.63) is 0 Å². The Hall–Kier alpha value is -0.820. The van der Waals surface area contributed by atoms with Crippen LogP contribution in [0.2, 0.25) is 0 Å².